The van der Waals surface area contributed by atoms with Gasteiger partial charge in [0.05, 0.1) is 0 Å². The highest BCUT2D eigenvalue weighted by Gasteiger charge is 2.59. The Labute approximate surface area is 177 Å². The standard InChI is InChI=1S/C26H36O2P/c1-21-13-17-23(18-14-21)27-29(25-9-5-3-6-10-25,26-11-7-4-8-12-26)28-24-19-15-22(2)16-20-24/h13-20,25-26H,3-12H2,1-2H3/q+1. The Balaban J connectivity index is 1.73. The summed E-state index contributed by atoms with van der Waals surface area (Å²) in [5.74, 6) is 1.99. The van der Waals surface area contributed by atoms with E-state index >= 15 is 0 Å². The number of benzene rings is 2. The summed E-state index contributed by atoms with van der Waals surface area (Å²) in [6.45, 7) is 4.27. The lowest BCUT2D eigenvalue weighted by Crippen LogP contribution is -2.34. The zero-order valence-corrected chi connectivity index (χ0v) is 19.0. The molecule has 2 aromatic rings. The van der Waals surface area contributed by atoms with Crippen LogP contribution in [0.1, 0.15) is 75.3 Å². The van der Waals surface area contributed by atoms with Gasteiger partial charge in [0.15, 0.2) is 11.5 Å². The molecule has 0 saturated heterocycles. The van der Waals surface area contributed by atoms with Gasteiger partial charge >= 0.3 is 7.72 Å². The van der Waals surface area contributed by atoms with E-state index in [1.807, 2.05) is 0 Å². The summed E-state index contributed by atoms with van der Waals surface area (Å²) in [5.41, 5.74) is 3.66. The van der Waals surface area contributed by atoms with Crippen molar-refractivity contribution < 1.29 is 9.05 Å². The zero-order valence-electron chi connectivity index (χ0n) is 18.1. The normalized spacial score (nSPS) is 19.1. The number of aryl methyl sites for hydroxylation is 2. The van der Waals surface area contributed by atoms with Gasteiger partial charge in [0.2, 0.25) is 0 Å². The Bertz CT molecular complexity index is 689. The van der Waals surface area contributed by atoms with E-state index < -0.39 is 7.72 Å². The summed E-state index contributed by atoms with van der Waals surface area (Å²) in [5, 5.41) is 0. The van der Waals surface area contributed by atoms with Gasteiger partial charge in [-0.05, 0) is 89.5 Å². The fourth-order valence-corrected chi connectivity index (χ4v) is 9.33. The van der Waals surface area contributed by atoms with Crippen molar-refractivity contribution in [1.29, 1.82) is 0 Å². The minimum absolute atomic E-state index is 0.557. The summed E-state index contributed by atoms with van der Waals surface area (Å²) >= 11 is 0. The Morgan fingerprint density at radius 3 is 1.24 bits per heavy atom. The van der Waals surface area contributed by atoms with Gasteiger partial charge in [-0.3, -0.25) is 0 Å². The van der Waals surface area contributed by atoms with Crippen LogP contribution in [-0.2, 0) is 0 Å². The van der Waals surface area contributed by atoms with Crippen LogP contribution >= 0.6 is 7.72 Å². The molecule has 0 atom stereocenters. The van der Waals surface area contributed by atoms with E-state index in [0.717, 1.165) is 11.5 Å². The molecule has 0 bridgehead atoms. The highest BCUT2D eigenvalue weighted by molar-refractivity contribution is 7.68. The van der Waals surface area contributed by atoms with Gasteiger partial charge in [-0.15, -0.1) is 0 Å². The Hall–Kier alpha value is -1.53. The Kier molecular flexibility index (Phi) is 6.81. The maximum atomic E-state index is 7.06. The Morgan fingerprint density at radius 2 is 0.897 bits per heavy atom. The molecule has 0 heterocycles. The number of hydrogen-bond donors (Lipinski definition) is 0. The van der Waals surface area contributed by atoms with E-state index in [0.29, 0.717) is 11.3 Å². The molecule has 2 nitrogen and oxygen atoms in total. The molecule has 0 N–H and O–H groups in total. The lowest BCUT2D eigenvalue weighted by Gasteiger charge is -2.39. The highest BCUT2D eigenvalue weighted by atomic mass is 31.2. The van der Waals surface area contributed by atoms with Gasteiger partial charge in [0.25, 0.3) is 0 Å². The molecular weight excluding hydrogens is 375 g/mol. The quantitative estimate of drug-likeness (QED) is 0.445. The number of hydrogen-bond acceptors (Lipinski definition) is 2. The first-order chi connectivity index (χ1) is 14.2. The lowest BCUT2D eigenvalue weighted by atomic mass is 10.00. The van der Waals surface area contributed by atoms with Crippen LogP contribution in [0, 0.1) is 13.8 Å². The molecule has 0 amide bonds. The van der Waals surface area contributed by atoms with Crippen LogP contribution in [0.3, 0.4) is 0 Å². The number of rotatable bonds is 6. The van der Waals surface area contributed by atoms with E-state index in [2.05, 4.69) is 62.4 Å². The monoisotopic (exact) mass is 411 g/mol. The van der Waals surface area contributed by atoms with Crippen LogP contribution in [0.2, 0.25) is 0 Å². The van der Waals surface area contributed by atoms with Gasteiger partial charge in [-0.1, -0.05) is 48.2 Å². The summed E-state index contributed by atoms with van der Waals surface area (Å²) in [6, 6.07) is 17.2. The van der Waals surface area contributed by atoms with E-state index in [4.69, 9.17) is 9.05 Å². The van der Waals surface area contributed by atoms with E-state index in [1.54, 1.807) is 0 Å². The molecule has 2 saturated carbocycles. The minimum atomic E-state index is -2.12. The first-order valence-corrected chi connectivity index (χ1v) is 13.3. The fourth-order valence-electron chi connectivity index (χ4n) is 5.02. The molecule has 2 fully saturated rings. The summed E-state index contributed by atoms with van der Waals surface area (Å²) < 4.78 is 14.1. The second kappa shape index (κ2) is 9.52. The van der Waals surface area contributed by atoms with Crippen LogP contribution in [0.15, 0.2) is 48.5 Å². The minimum Gasteiger partial charge on any atom is -0.310 e. The van der Waals surface area contributed by atoms with Gasteiger partial charge < -0.3 is 9.05 Å². The summed E-state index contributed by atoms with van der Waals surface area (Å²) in [6.07, 6.45) is 13.0. The Morgan fingerprint density at radius 1 is 0.552 bits per heavy atom. The molecular formula is C26H36O2P+. The topological polar surface area (TPSA) is 18.5 Å². The molecule has 0 aliphatic heterocycles. The van der Waals surface area contributed by atoms with Crippen molar-refractivity contribution >= 4 is 7.72 Å². The average Bonchev–Trinajstić information content (AvgIpc) is 2.77. The van der Waals surface area contributed by atoms with Crippen LogP contribution < -0.4 is 9.05 Å². The third kappa shape index (κ3) is 4.97. The van der Waals surface area contributed by atoms with Gasteiger partial charge in [-0.25, -0.2) is 0 Å². The summed E-state index contributed by atoms with van der Waals surface area (Å²) in [7, 11) is -2.12. The van der Waals surface area contributed by atoms with Crippen molar-refractivity contribution in [3.8, 4) is 11.5 Å². The smallest absolute Gasteiger partial charge is 0.310 e. The van der Waals surface area contributed by atoms with Gasteiger partial charge in [0, 0.05) is 0 Å². The van der Waals surface area contributed by atoms with Crippen molar-refractivity contribution in [2.24, 2.45) is 0 Å². The van der Waals surface area contributed by atoms with Crippen LogP contribution in [0.25, 0.3) is 0 Å². The van der Waals surface area contributed by atoms with E-state index in [1.165, 1.54) is 75.3 Å². The maximum absolute atomic E-state index is 7.06. The fraction of sp³-hybridized carbons (Fsp3) is 0.538. The molecule has 0 radical (unpaired) electrons. The van der Waals surface area contributed by atoms with Gasteiger partial charge in [-0.2, -0.15) is 0 Å². The molecule has 0 spiro atoms. The van der Waals surface area contributed by atoms with Crippen molar-refractivity contribution in [2.75, 3.05) is 0 Å². The zero-order chi connectivity index (χ0) is 20.1. The predicted molar refractivity (Wildman–Crippen MR) is 124 cm³/mol. The van der Waals surface area contributed by atoms with Crippen LogP contribution in [0.4, 0.5) is 0 Å². The van der Waals surface area contributed by atoms with Crippen molar-refractivity contribution in [2.45, 2.75) is 89.4 Å². The molecule has 3 heteroatoms. The highest BCUT2D eigenvalue weighted by Crippen LogP contribution is 2.72. The SMILES string of the molecule is Cc1ccc(O[P+](Oc2ccc(C)cc2)(C2CCCCC2)C2CCCCC2)cc1. The third-order valence-electron chi connectivity index (χ3n) is 6.71. The molecule has 2 aliphatic carbocycles. The van der Waals surface area contributed by atoms with Crippen molar-refractivity contribution in [3.05, 3.63) is 59.7 Å². The molecule has 0 unspecified atom stereocenters. The third-order valence-corrected chi connectivity index (χ3v) is 10.8. The molecule has 0 aromatic heterocycles. The lowest BCUT2D eigenvalue weighted by molar-refractivity contribution is 0.367. The van der Waals surface area contributed by atoms with E-state index in [9.17, 15) is 0 Å². The predicted octanol–water partition coefficient (Wildman–Crippen LogP) is 8.27. The molecule has 2 aromatic carbocycles. The summed E-state index contributed by atoms with van der Waals surface area (Å²) in [4.78, 5) is 0. The van der Waals surface area contributed by atoms with Gasteiger partial charge in [0.1, 0.15) is 11.3 Å². The van der Waals surface area contributed by atoms with Crippen molar-refractivity contribution in [3.63, 3.8) is 0 Å². The first kappa shape index (κ1) is 20.7. The second-order valence-electron chi connectivity index (χ2n) is 9.04. The second-order valence-corrected chi connectivity index (χ2v) is 12.2. The largest absolute Gasteiger partial charge is 0.369 e. The maximum Gasteiger partial charge on any atom is 0.369 e. The van der Waals surface area contributed by atoms with E-state index in [-0.39, 0.29) is 0 Å². The molecule has 4 rings (SSSR count). The van der Waals surface area contributed by atoms with Crippen molar-refractivity contribution in [1.82, 2.24) is 0 Å². The molecule has 2 aliphatic rings. The van der Waals surface area contributed by atoms with Crippen LogP contribution in [0.5, 0.6) is 11.5 Å². The molecule has 156 valence electrons. The molecule has 29 heavy (non-hydrogen) atoms. The average molecular weight is 412 g/mol. The van der Waals surface area contributed by atoms with Crippen LogP contribution in [-0.4, -0.2) is 11.3 Å². The first-order valence-electron chi connectivity index (χ1n) is 11.6.